The van der Waals surface area contributed by atoms with E-state index < -0.39 is 6.10 Å². The predicted molar refractivity (Wildman–Crippen MR) is 71.6 cm³/mol. The molecule has 0 aliphatic rings. The van der Waals surface area contributed by atoms with E-state index in [-0.39, 0.29) is 5.92 Å². The first-order valence-electron chi connectivity index (χ1n) is 6.31. The van der Waals surface area contributed by atoms with Gasteiger partial charge in [-0.1, -0.05) is 19.9 Å². The maximum atomic E-state index is 10.00. The molecule has 0 radical (unpaired) electrons. The Morgan fingerprint density at radius 2 is 2.06 bits per heavy atom. The summed E-state index contributed by atoms with van der Waals surface area (Å²) in [6.45, 7) is 4.66. The molecule has 1 aromatic heterocycles. The van der Waals surface area contributed by atoms with E-state index in [1.807, 2.05) is 32.0 Å². The SMILES string of the molecule is COCCc1ccc2oc(C(O)C(C)C)cc2c1. The number of methoxy groups -OCH3 is 1. The molecule has 0 bridgehead atoms. The molecule has 2 rings (SSSR count). The van der Waals surface area contributed by atoms with Gasteiger partial charge in [0.05, 0.1) is 6.61 Å². The van der Waals surface area contributed by atoms with Crippen LogP contribution in [0.15, 0.2) is 28.7 Å². The second-order valence-electron chi connectivity index (χ2n) is 4.95. The smallest absolute Gasteiger partial charge is 0.134 e. The molecule has 1 heterocycles. The molecule has 0 aliphatic heterocycles. The van der Waals surface area contributed by atoms with E-state index in [1.165, 1.54) is 5.56 Å². The van der Waals surface area contributed by atoms with Crippen molar-refractivity contribution < 1.29 is 14.3 Å². The number of benzene rings is 1. The van der Waals surface area contributed by atoms with E-state index in [4.69, 9.17) is 9.15 Å². The molecular weight excluding hydrogens is 228 g/mol. The van der Waals surface area contributed by atoms with Crippen molar-refractivity contribution in [1.82, 2.24) is 0 Å². The molecular formula is C15H20O3. The van der Waals surface area contributed by atoms with Gasteiger partial charge in [0, 0.05) is 12.5 Å². The lowest BCUT2D eigenvalue weighted by molar-refractivity contribution is 0.104. The fourth-order valence-corrected chi connectivity index (χ4v) is 1.96. The standard InChI is InChI=1S/C15H20O3/c1-10(2)15(16)14-9-12-8-11(6-7-17-3)4-5-13(12)18-14/h4-5,8-10,15-16H,6-7H2,1-3H3. The summed E-state index contributed by atoms with van der Waals surface area (Å²) >= 11 is 0. The lowest BCUT2D eigenvalue weighted by Crippen LogP contribution is -2.03. The maximum Gasteiger partial charge on any atom is 0.134 e. The van der Waals surface area contributed by atoms with Crippen LogP contribution in [-0.4, -0.2) is 18.8 Å². The first kappa shape index (κ1) is 13.1. The molecule has 3 heteroatoms. The summed E-state index contributed by atoms with van der Waals surface area (Å²) in [5.41, 5.74) is 2.04. The zero-order chi connectivity index (χ0) is 13.1. The highest BCUT2D eigenvalue weighted by molar-refractivity contribution is 5.78. The molecule has 0 fully saturated rings. The third kappa shape index (κ3) is 2.74. The number of furan rings is 1. The summed E-state index contributed by atoms with van der Waals surface area (Å²) in [6.07, 6.45) is 0.347. The summed E-state index contributed by atoms with van der Waals surface area (Å²) in [5.74, 6) is 0.794. The average molecular weight is 248 g/mol. The van der Waals surface area contributed by atoms with Gasteiger partial charge in [0.25, 0.3) is 0 Å². The second kappa shape index (κ2) is 5.55. The Labute approximate surface area is 107 Å². The Kier molecular flexibility index (Phi) is 4.04. The van der Waals surface area contributed by atoms with E-state index >= 15 is 0 Å². The van der Waals surface area contributed by atoms with Gasteiger partial charge in [0.2, 0.25) is 0 Å². The monoisotopic (exact) mass is 248 g/mol. The van der Waals surface area contributed by atoms with Gasteiger partial charge in [0.15, 0.2) is 0 Å². The largest absolute Gasteiger partial charge is 0.458 e. The zero-order valence-corrected chi connectivity index (χ0v) is 11.1. The van der Waals surface area contributed by atoms with E-state index in [2.05, 4.69) is 6.07 Å². The Bertz CT molecular complexity index is 513. The number of ether oxygens (including phenoxy) is 1. The molecule has 2 aromatic rings. The first-order valence-corrected chi connectivity index (χ1v) is 6.31. The Hall–Kier alpha value is -1.32. The number of hydrogen-bond acceptors (Lipinski definition) is 3. The van der Waals surface area contributed by atoms with Crippen LogP contribution in [0.4, 0.5) is 0 Å². The highest BCUT2D eigenvalue weighted by atomic mass is 16.5. The van der Waals surface area contributed by atoms with Crippen molar-refractivity contribution in [3.8, 4) is 0 Å². The van der Waals surface area contributed by atoms with Crippen molar-refractivity contribution in [2.75, 3.05) is 13.7 Å². The molecule has 0 aliphatic carbocycles. The van der Waals surface area contributed by atoms with Gasteiger partial charge in [-0.15, -0.1) is 0 Å². The molecule has 3 nitrogen and oxygen atoms in total. The average Bonchev–Trinajstić information content (AvgIpc) is 2.77. The topological polar surface area (TPSA) is 42.6 Å². The van der Waals surface area contributed by atoms with Crippen molar-refractivity contribution in [3.63, 3.8) is 0 Å². The third-order valence-corrected chi connectivity index (χ3v) is 3.12. The molecule has 0 amide bonds. The molecule has 0 saturated heterocycles. The van der Waals surface area contributed by atoms with Gasteiger partial charge in [-0.2, -0.15) is 0 Å². The minimum Gasteiger partial charge on any atom is -0.458 e. The van der Waals surface area contributed by atoms with Gasteiger partial charge in [-0.25, -0.2) is 0 Å². The number of aliphatic hydroxyl groups is 1. The van der Waals surface area contributed by atoms with Crippen LogP contribution in [0.5, 0.6) is 0 Å². The van der Waals surface area contributed by atoms with Crippen LogP contribution in [0.2, 0.25) is 0 Å². The van der Waals surface area contributed by atoms with Crippen LogP contribution in [0.3, 0.4) is 0 Å². The van der Waals surface area contributed by atoms with Crippen molar-refractivity contribution in [1.29, 1.82) is 0 Å². The van der Waals surface area contributed by atoms with E-state index in [9.17, 15) is 5.11 Å². The van der Waals surface area contributed by atoms with Crippen molar-refractivity contribution in [3.05, 3.63) is 35.6 Å². The Morgan fingerprint density at radius 3 is 2.72 bits per heavy atom. The van der Waals surface area contributed by atoms with Crippen molar-refractivity contribution in [2.24, 2.45) is 5.92 Å². The molecule has 18 heavy (non-hydrogen) atoms. The fraction of sp³-hybridized carbons (Fsp3) is 0.467. The fourth-order valence-electron chi connectivity index (χ4n) is 1.96. The van der Waals surface area contributed by atoms with Gasteiger partial charge in [0.1, 0.15) is 17.4 Å². The minimum absolute atomic E-state index is 0.151. The van der Waals surface area contributed by atoms with Gasteiger partial charge >= 0.3 is 0 Å². The number of aliphatic hydroxyl groups excluding tert-OH is 1. The van der Waals surface area contributed by atoms with Crippen LogP contribution in [0, 0.1) is 5.92 Å². The molecule has 1 aromatic carbocycles. The lowest BCUT2D eigenvalue weighted by atomic mass is 10.0. The van der Waals surface area contributed by atoms with Crippen molar-refractivity contribution >= 4 is 11.0 Å². The van der Waals surface area contributed by atoms with Crippen molar-refractivity contribution in [2.45, 2.75) is 26.4 Å². The normalized spacial score (nSPS) is 13.4. The summed E-state index contributed by atoms with van der Waals surface area (Å²) in [7, 11) is 1.70. The summed E-state index contributed by atoms with van der Waals surface area (Å²) < 4.78 is 10.7. The predicted octanol–water partition coefficient (Wildman–Crippen LogP) is 3.31. The molecule has 0 saturated carbocycles. The highest BCUT2D eigenvalue weighted by Crippen LogP contribution is 2.28. The summed E-state index contributed by atoms with van der Waals surface area (Å²) in [4.78, 5) is 0. The van der Waals surface area contributed by atoms with Gasteiger partial charge in [-0.3, -0.25) is 0 Å². The molecule has 98 valence electrons. The molecule has 1 N–H and O–H groups in total. The van der Waals surface area contributed by atoms with Crippen LogP contribution in [0.25, 0.3) is 11.0 Å². The first-order chi connectivity index (χ1) is 8.61. The quantitative estimate of drug-likeness (QED) is 0.882. The lowest BCUT2D eigenvalue weighted by Gasteiger charge is -2.10. The van der Waals surface area contributed by atoms with Crippen LogP contribution in [0.1, 0.15) is 31.3 Å². The van der Waals surface area contributed by atoms with E-state index in [1.54, 1.807) is 7.11 Å². The van der Waals surface area contributed by atoms with Gasteiger partial charge in [-0.05, 0) is 36.1 Å². The van der Waals surface area contributed by atoms with Crippen LogP contribution >= 0.6 is 0 Å². The molecule has 0 spiro atoms. The molecule has 1 atom stereocenters. The zero-order valence-electron chi connectivity index (χ0n) is 11.1. The van der Waals surface area contributed by atoms with Crippen LogP contribution < -0.4 is 0 Å². The Balaban J connectivity index is 2.28. The number of rotatable bonds is 5. The summed E-state index contributed by atoms with van der Waals surface area (Å²) in [6, 6.07) is 8.01. The maximum absolute atomic E-state index is 10.00. The summed E-state index contributed by atoms with van der Waals surface area (Å²) in [5, 5.41) is 11.0. The van der Waals surface area contributed by atoms with E-state index in [0.717, 1.165) is 17.4 Å². The van der Waals surface area contributed by atoms with E-state index in [0.29, 0.717) is 12.4 Å². The second-order valence-corrected chi connectivity index (χ2v) is 4.95. The molecule has 1 unspecified atom stereocenters. The van der Waals surface area contributed by atoms with Gasteiger partial charge < -0.3 is 14.3 Å². The highest BCUT2D eigenvalue weighted by Gasteiger charge is 2.16. The Morgan fingerprint density at radius 1 is 1.28 bits per heavy atom. The number of hydrogen-bond donors (Lipinski definition) is 1. The minimum atomic E-state index is -0.542. The van der Waals surface area contributed by atoms with Crippen LogP contribution in [-0.2, 0) is 11.2 Å². The number of fused-ring (bicyclic) bond motifs is 1. The third-order valence-electron chi connectivity index (χ3n) is 3.12.